The second-order valence-corrected chi connectivity index (χ2v) is 9.48. The van der Waals surface area contributed by atoms with Gasteiger partial charge in [-0.3, -0.25) is 4.79 Å². The van der Waals surface area contributed by atoms with Crippen molar-refractivity contribution in [2.75, 3.05) is 5.32 Å². The lowest BCUT2D eigenvalue weighted by atomic mass is 9.92. The highest BCUT2D eigenvalue weighted by Gasteiger charge is 2.61. The molecule has 0 aromatic heterocycles. The first-order valence-corrected chi connectivity index (χ1v) is 11.2. The van der Waals surface area contributed by atoms with E-state index in [9.17, 15) is 4.79 Å². The molecule has 31 heavy (non-hydrogen) atoms. The van der Waals surface area contributed by atoms with Gasteiger partial charge in [0.1, 0.15) is 5.75 Å². The second kappa shape index (κ2) is 6.73. The van der Waals surface area contributed by atoms with Crippen molar-refractivity contribution in [3.8, 4) is 5.75 Å². The average molecular weight is 515 g/mol. The third-order valence-electron chi connectivity index (χ3n) is 5.90. The zero-order valence-electron chi connectivity index (χ0n) is 15.9. The summed E-state index contributed by atoms with van der Waals surface area (Å²) in [5.74, 6) is 0.317. The van der Waals surface area contributed by atoms with E-state index < -0.39 is 5.72 Å². The molecule has 8 heteroatoms. The van der Waals surface area contributed by atoms with Gasteiger partial charge in [-0.25, -0.2) is 5.01 Å². The van der Waals surface area contributed by atoms with Crippen LogP contribution in [-0.4, -0.2) is 16.6 Å². The fraction of sp³-hybridized carbons (Fsp3) is 0.130. The number of hydrogen-bond donors (Lipinski definition) is 1. The normalized spacial score (nSPS) is 23.1. The van der Waals surface area contributed by atoms with Gasteiger partial charge in [0.15, 0.2) is 0 Å². The van der Waals surface area contributed by atoms with Crippen molar-refractivity contribution >= 4 is 56.4 Å². The molecule has 6 rings (SSSR count). The van der Waals surface area contributed by atoms with Crippen LogP contribution in [-0.2, 0) is 10.5 Å². The van der Waals surface area contributed by atoms with E-state index in [4.69, 9.17) is 33.0 Å². The van der Waals surface area contributed by atoms with E-state index in [1.165, 1.54) is 0 Å². The number of rotatable bonds is 1. The lowest BCUT2D eigenvalue weighted by Crippen LogP contribution is -2.55. The molecule has 0 bridgehead atoms. The van der Waals surface area contributed by atoms with Crippen molar-refractivity contribution in [3.63, 3.8) is 0 Å². The van der Waals surface area contributed by atoms with Gasteiger partial charge >= 0.3 is 5.72 Å². The Labute approximate surface area is 196 Å². The van der Waals surface area contributed by atoms with Gasteiger partial charge in [-0.2, -0.15) is 5.10 Å². The summed E-state index contributed by atoms with van der Waals surface area (Å²) >= 11 is 16.1. The van der Waals surface area contributed by atoms with Crippen LogP contribution >= 0.6 is 39.1 Å². The van der Waals surface area contributed by atoms with Crippen LogP contribution in [0.1, 0.15) is 29.2 Å². The molecule has 0 radical (unpaired) electrons. The molecule has 0 fully saturated rings. The Hall–Kier alpha value is -2.54. The Morgan fingerprint density at radius 2 is 1.81 bits per heavy atom. The lowest BCUT2D eigenvalue weighted by Gasteiger charge is -2.44. The van der Waals surface area contributed by atoms with Crippen LogP contribution < -0.4 is 10.1 Å². The minimum absolute atomic E-state index is 0.211. The molecule has 3 aromatic rings. The Kier molecular flexibility index (Phi) is 4.16. The number of hydrazone groups is 1. The predicted molar refractivity (Wildman–Crippen MR) is 124 cm³/mol. The molecule has 1 N–H and O–H groups in total. The number of anilines is 1. The number of hydrogen-bond acceptors (Lipinski definition) is 4. The fourth-order valence-electron chi connectivity index (χ4n) is 4.50. The van der Waals surface area contributed by atoms with Gasteiger partial charge in [0.05, 0.1) is 23.0 Å². The van der Waals surface area contributed by atoms with Gasteiger partial charge < -0.3 is 10.1 Å². The van der Waals surface area contributed by atoms with Gasteiger partial charge in [-0.1, -0.05) is 51.3 Å². The molecule has 0 saturated heterocycles. The first kappa shape index (κ1) is 19.2. The molecule has 3 heterocycles. The summed E-state index contributed by atoms with van der Waals surface area (Å²) in [7, 11) is 0. The largest absolute Gasteiger partial charge is 0.453 e. The lowest BCUT2D eigenvalue weighted by molar-refractivity contribution is -0.161. The molecule has 0 aliphatic carbocycles. The number of nitrogens with zero attached hydrogens (tertiary/aromatic N) is 2. The summed E-state index contributed by atoms with van der Waals surface area (Å²) in [6, 6.07) is 18.5. The maximum absolute atomic E-state index is 13.4. The van der Waals surface area contributed by atoms with E-state index >= 15 is 0 Å². The fourth-order valence-corrected chi connectivity index (χ4v) is 5.12. The highest BCUT2D eigenvalue weighted by molar-refractivity contribution is 9.10. The molecule has 154 valence electrons. The number of benzene rings is 3. The summed E-state index contributed by atoms with van der Waals surface area (Å²) < 4.78 is 7.42. The minimum atomic E-state index is -1.44. The molecule has 5 nitrogen and oxygen atoms in total. The second-order valence-electron chi connectivity index (χ2n) is 7.69. The number of carbonyl (C=O) groups excluding carboxylic acids is 1. The zero-order chi connectivity index (χ0) is 21.3. The molecule has 3 aromatic carbocycles. The summed E-state index contributed by atoms with van der Waals surface area (Å²) in [6.07, 6.45) is 0.614. The first-order valence-electron chi connectivity index (χ1n) is 9.68. The van der Waals surface area contributed by atoms with Crippen molar-refractivity contribution < 1.29 is 9.53 Å². The molecule has 3 aliphatic heterocycles. The number of ether oxygens (including phenoxy) is 1. The van der Waals surface area contributed by atoms with Gasteiger partial charge in [-0.05, 0) is 54.1 Å². The molecule has 1 amide bonds. The van der Waals surface area contributed by atoms with Crippen molar-refractivity contribution in [1.82, 2.24) is 5.01 Å². The molecule has 1 spiro atoms. The minimum Gasteiger partial charge on any atom is -0.453 e. The van der Waals surface area contributed by atoms with Crippen LogP contribution in [0, 0.1) is 0 Å². The van der Waals surface area contributed by atoms with Crippen LogP contribution in [0.5, 0.6) is 5.75 Å². The van der Waals surface area contributed by atoms with E-state index in [-0.39, 0.29) is 11.9 Å². The molecule has 0 unspecified atom stereocenters. The molecular formula is C23H14BrCl2N3O2. The smallest absolute Gasteiger partial charge is 0.306 e. The van der Waals surface area contributed by atoms with E-state index in [2.05, 4.69) is 21.2 Å². The summed E-state index contributed by atoms with van der Waals surface area (Å²) in [5, 5.41) is 10.7. The SMILES string of the molecule is O=C1Nc2ccc(Cl)cc2[C@@]12Oc1ccc(Cl)cc1[C@@H]1CC(c3ccc(Br)cc3)=NN12. The van der Waals surface area contributed by atoms with E-state index in [0.717, 1.165) is 21.3 Å². The van der Waals surface area contributed by atoms with Gasteiger partial charge in [0.2, 0.25) is 0 Å². The number of carbonyl (C=O) groups is 1. The number of amides is 1. The van der Waals surface area contributed by atoms with Crippen LogP contribution in [0.15, 0.2) is 70.2 Å². The monoisotopic (exact) mass is 513 g/mol. The Morgan fingerprint density at radius 3 is 2.61 bits per heavy atom. The average Bonchev–Trinajstić information content (AvgIpc) is 3.31. The Bertz CT molecular complexity index is 1290. The van der Waals surface area contributed by atoms with E-state index in [0.29, 0.717) is 33.5 Å². The maximum atomic E-state index is 13.4. The quantitative estimate of drug-likeness (QED) is 0.426. The zero-order valence-corrected chi connectivity index (χ0v) is 19.0. The molecule has 2 atom stereocenters. The summed E-state index contributed by atoms with van der Waals surface area (Å²) in [6.45, 7) is 0. The first-order chi connectivity index (χ1) is 15.0. The third kappa shape index (κ3) is 2.75. The van der Waals surface area contributed by atoms with E-state index in [1.807, 2.05) is 36.4 Å². The van der Waals surface area contributed by atoms with Crippen molar-refractivity contribution in [2.45, 2.75) is 18.2 Å². The van der Waals surface area contributed by atoms with E-state index in [1.54, 1.807) is 29.3 Å². The summed E-state index contributed by atoms with van der Waals surface area (Å²) in [5.41, 5.74) is 2.63. The predicted octanol–water partition coefficient (Wildman–Crippen LogP) is 6.10. The highest BCUT2D eigenvalue weighted by Crippen LogP contribution is 2.54. The van der Waals surface area contributed by atoms with Crippen LogP contribution in [0.4, 0.5) is 5.69 Å². The summed E-state index contributed by atoms with van der Waals surface area (Å²) in [4.78, 5) is 13.4. The third-order valence-corrected chi connectivity index (χ3v) is 6.90. The van der Waals surface area contributed by atoms with Gasteiger partial charge in [0.25, 0.3) is 5.91 Å². The highest BCUT2D eigenvalue weighted by atomic mass is 79.9. The Morgan fingerprint density at radius 1 is 1.06 bits per heavy atom. The van der Waals surface area contributed by atoms with Crippen LogP contribution in [0.2, 0.25) is 10.0 Å². The molecule has 3 aliphatic rings. The van der Waals surface area contributed by atoms with Crippen LogP contribution in [0.25, 0.3) is 0 Å². The number of halogens is 3. The van der Waals surface area contributed by atoms with Crippen molar-refractivity contribution in [3.05, 3.63) is 91.9 Å². The standard InChI is InChI=1S/C23H14BrCl2N3O2/c24-13-3-1-12(2-4-13)19-11-20-16-9-14(25)6-8-21(16)31-23(29(20)28-19)17-10-15(26)5-7-18(17)27-22(23)30/h1-10,20H,11H2,(H,27,30)/t20-,23+/m0/s1. The molecular weight excluding hydrogens is 501 g/mol. The number of nitrogens with one attached hydrogen (secondary N) is 1. The molecule has 0 saturated carbocycles. The van der Waals surface area contributed by atoms with Crippen LogP contribution in [0.3, 0.4) is 0 Å². The van der Waals surface area contributed by atoms with Crippen molar-refractivity contribution in [1.29, 1.82) is 0 Å². The van der Waals surface area contributed by atoms with Crippen molar-refractivity contribution in [2.24, 2.45) is 5.10 Å². The van der Waals surface area contributed by atoms with Gasteiger partial charge in [-0.15, -0.1) is 0 Å². The Balaban J connectivity index is 1.58. The topological polar surface area (TPSA) is 53.9 Å². The van der Waals surface area contributed by atoms with Gasteiger partial charge in [0, 0.05) is 26.5 Å². The maximum Gasteiger partial charge on any atom is 0.306 e. The number of fused-ring (bicyclic) bond motifs is 6.